The Hall–Kier alpha value is -2.45. The number of benzene rings is 1. The second kappa shape index (κ2) is 8.73. The lowest BCUT2D eigenvalue weighted by Gasteiger charge is -2.32. The summed E-state index contributed by atoms with van der Waals surface area (Å²) in [5, 5.41) is 0. The molecule has 8 heteroatoms. The summed E-state index contributed by atoms with van der Waals surface area (Å²) in [5.41, 5.74) is 0.905. The van der Waals surface area contributed by atoms with Crippen molar-refractivity contribution in [1.29, 1.82) is 0 Å². The number of sulfonamides is 1. The predicted molar refractivity (Wildman–Crippen MR) is 114 cm³/mol. The van der Waals surface area contributed by atoms with Gasteiger partial charge in [-0.15, -0.1) is 0 Å². The van der Waals surface area contributed by atoms with Gasteiger partial charge < -0.3 is 9.47 Å². The van der Waals surface area contributed by atoms with Gasteiger partial charge in [-0.2, -0.15) is 4.31 Å². The fourth-order valence-corrected chi connectivity index (χ4v) is 5.54. The van der Waals surface area contributed by atoms with E-state index in [1.807, 2.05) is 18.2 Å². The largest absolute Gasteiger partial charge is 0.341 e. The summed E-state index contributed by atoms with van der Waals surface area (Å²) in [6.07, 6.45) is 4.85. The number of amides is 1. The number of pyridine rings is 1. The number of aromatic nitrogens is 1. The Labute approximate surface area is 177 Å². The van der Waals surface area contributed by atoms with E-state index in [-0.39, 0.29) is 22.9 Å². The molecule has 2 aliphatic heterocycles. The van der Waals surface area contributed by atoms with Gasteiger partial charge in [0, 0.05) is 38.4 Å². The molecule has 2 aromatic rings. The Kier molecular flexibility index (Phi) is 6.06. The molecule has 2 saturated heterocycles. The van der Waals surface area contributed by atoms with Crippen molar-refractivity contribution in [3.63, 3.8) is 0 Å². The van der Waals surface area contributed by atoms with Crippen LogP contribution in [-0.4, -0.2) is 54.3 Å². The van der Waals surface area contributed by atoms with Gasteiger partial charge in [-0.25, -0.2) is 8.42 Å². The number of likely N-dealkylation sites (tertiary alicyclic amines) is 1. The van der Waals surface area contributed by atoms with Crippen molar-refractivity contribution in [2.75, 3.05) is 26.2 Å². The van der Waals surface area contributed by atoms with E-state index in [1.165, 1.54) is 32.8 Å². The zero-order valence-electron chi connectivity index (χ0n) is 16.9. The Morgan fingerprint density at radius 2 is 1.67 bits per heavy atom. The Balaban J connectivity index is 1.42. The van der Waals surface area contributed by atoms with Crippen LogP contribution in [0.2, 0.25) is 0 Å². The van der Waals surface area contributed by atoms with Gasteiger partial charge in [0.1, 0.15) is 6.54 Å². The minimum Gasteiger partial charge on any atom is -0.341 e. The molecule has 1 aromatic carbocycles. The van der Waals surface area contributed by atoms with Gasteiger partial charge in [-0.3, -0.25) is 9.59 Å². The number of hydrogen-bond acceptors (Lipinski definition) is 4. The molecule has 7 nitrogen and oxygen atoms in total. The van der Waals surface area contributed by atoms with Gasteiger partial charge in [-0.05, 0) is 43.2 Å². The Bertz CT molecular complexity index is 1050. The smallest absolute Gasteiger partial charge is 0.251 e. The fourth-order valence-electron chi connectivity index (χ4n) is 4.05. The van der Waals surface area contributed by atoms with Crippen LogP contribution in [0.15, 0.2) is 58.4 Å². The molecule has 0 unspecified atom stereocenters. The van der Waals surface area contributed by atoms with Crippen molar-refractivity contribution in [3.05, 3.63) is 64.6 Å². The molecule has 160 valence electrons. The average molecular weight is 430 g/mol. The summed E-state index contributed by atoms with van der Waals surface area (Å²) < 4.78 is 28.9. The van der Waals surface area contributed by atoms with Crippen molar-refractivity contribution in [2.24, 2.45) is 5.92 Å². The van der Waals surface area contributed by atoms with Crippen molar-refractivity contribution < 1.29 is 13.2 Å². The first-order chi connectivity index (χ1) is 14.4. The first-order valence-electron chi connectivity index (χ1n) is 10.5. The molecular formula is C22H27N3O4S. The maximum absolute atomic E-state index is 13.1. The molecule has 30 heavy (non-hydrogen) atoms. The number of nitrogens with zero attached hydrogens (tertiary/aromatic N) is 3. The first-order valence-corrected chi connectivity index (χ1v) is 11.9. The number of rotatable bonds is 6. The molecule has 0 saturated carbocycles. The van der Waals surface area contributed by atoms with Gasteiger partial charge in [0.2, 0.25) is 15.9 Å². The van der Waals surface area contributed by atoms with E-state index in [4.69, 9.17) is 0 Å². The van der Waals surface area contributed by atoms with Crippen molar-refractivity contribution in [2.45, 2.75) is 37.1 Å². The van der Waals surface area contributed by atoms with Gasteiger partial charge >= 0.3 is 0 Å². The Morgan fingerprint density at radius 3 is 2.30 bits per heavy atom. The van der Waals surface area contributed by atoms with E-state index in [1.54, 1.807) is 4.90 Å². The molecule has 4 rings (SSSR count). The topological polar surface area (TPSA) is 79.7 Å². The molecule has 0 N–H and O–H groups in total. The molecule has 0 bridgehead atoms. The van der Waals surface area contributed by atoms with Gasteiger partial charge in [0.15, 0.2) is 0 Å². The minimum absolute atomic E-state index is 0.0695. The third-order valence-corrected chi connectivity index (χ3v) is 7.93. The van der Waals surface area contributed by atoms with E-state index >= 15 is 0 Å². The minimum atomic E-state index is -3.70. The van der Waals surface area contributed by atoms with E-state index in [0.717, 1.165) is 25.7 Å². The highest BCUT2D eigenvalue weighted by Gasteiger charge is 2.30. The number of carbonyl (C=O) groups excluding carboxylic acids is 1. The summed E-state index contributed by atoms with van der Waals surface area (Å²) in [7, 11) is -3.70. The summed E-state index contributed by atoms with van der Waals surface area (Å²) in [5.74, 6) is 0.307. The van der Waals surface area contributed by atoms with Crippen LogP contribution in [-0.2, 0) is 27.8 Å². The van der Waals surface area contributed by atoms with Crippen molar-refractivity contribution in [3.8, 4) is 0 Å². The summed E-state index contributed by atoms with van der Waals surface area (Å²) in [4.78, 5) is 26.1. The van der Waals surface area contributed by atoms with Crippen LogP contribution in [0.5, 0.6) is 0 Å². The van der Waals surface area contributed by atoms with Gasteiger partial charge in [-0.1, -0.05) is 30.3 Å². The van der Waals surface area contributed by atoms with Crippen molar-refractivity contribution >= 4 is 15.9 Å². The first kappa shape index (κ1) is 20.8. The van der Waals surface area contributed by atoms with Crippen molar-refractivity contribution in [1.82, 2.24) is 13.8 Å². The Morgan fingerprint density at radius 1 is 0.967 bits per heavy atom. The zero-order chi connectivity index (χ0) is 21.1. The maximum atomic E-state index is 13.1. The van der Waals surface area contributed by atoms with Gasteiger partial charge in [0.05, 0.1) is 4.90 Å². The van der Waals surface area contributed by atoms with Crippen LogP contribution in [0.1, 0.15) is 24.8 Å². The van der Waals surface area contributed by atoms with Gasteiger partial charge in [0.25, 0.3) is 5.56 Å². The molecule has 2 fully saturated rings. The van der Waals surface area contributed by atoms with E-state index in [2.05, 4.69) is 12.1 Å². The molecule has 0 aliphatic carbocycles. The monoisotopic (exact) mass is 429 g/mol. The molecule has 0 atom stereocenters. The number of piperidine rings is 1. The highest BCUT2D eigenvalue weighted by Crippen LogP contribution is 2.26. The van der Waals surface area contributed by atoms with Crippen LogP contribution in [0.25, 0.3) is 0 Å². The molecule has 0 radical (unpaired) electrons. The van der Waals surface area contributed by atoms with E-state index < -0.39 is 10.0 Å². The highest BCUT2D eigenvalue weighted by molar-refractivity contribution is 7.89. The zero-order valence-corrected chi connectivity index (χ0v) is 17.8. The lowest BCUT2D eigenvalue weighted by molar-refractivity contribution is -0.135. The number of hydrogen-bond donors (Lipinski definition) is 0. The summed E-state index contributed by atoms with van der Waals surface area (Å²) in [6, 6.07) is 12.8. The summed E-state index contributed by atoms with van der Waals surface area (Å²) in [6.45, 7) is 2.20. The molecule has 3 heterocycles. The fraction of sp³-hybridized carbons (Fsp3) is 0.455. The molecule has 1 amide bonds. The summed E-state index contributed by atoms with van der Waals surface area (Å²) >= 11 is 0. The average Bonchev–Trinajstić information content (AvgIpc) is 2.69. The molecule has 2 aliphatic rings. The maximum Gasteiger partial charge on any atom is 0.251 e. The third-order valence-electron chi connectivity index (χ3n) is 6.05. The SMILES string of the molecule is O=C(Cn1cc(S(=O)(=O)N2CCC(Cc3ccccc3)CC2)ccc1=O)N1CCC1. The highest BCUT2D eigenvalue weighted by atomic mass is 32.2. The second-order valence-electron chi connectivity index (χ2n) is 8.10. The van der Waals surface area contributed by atoms with E-state index in [0.29, 0.717) is 32.1 Å². The number of carbonyl (C=O) groups is 1. The molecular weight excluding hydrogens is 402 g/mol. The van der Waals surface area contributed by atoms with Crippen LogP contribution in [0.3, 0.4) is 0 Å². The van der Waals surface area contributed by atoms with Crippen LogP contribution in [0.4, 0.5) is 0 Å². The molecule has 1 aromatic heterocycles. The second-order valence-corrected chi connectivity index (χ2v) is 10.0. The molecule has 0 spiro atoms. The lowest BCUT2D eigenvalue weighted by Crippen LogP contribution is -2.45. The third kappa shape index (κ3) is 4.49. The van der Waals surface area contributed by atoms with Crippen LogP contribution < -0.4 is 5.56 Å². The van der Waals surface area contributed by atoms with Crippen LogP contribution >= 0.6 is 0 Å². The standard InChI is InChI=1S/C22H27N3O4S/c26-21-8-7-20(16-24(21)17-22(27)23-11-4-12-23)30(28,29)25-13-9-19(10-14-25)15-18-5-2-1-3-6-18/h1-3,5-8,16,19H,4,9-15,17H2. The van der Waals surface area contributed by atoms with E-state index in [9.17, 15) is 18.0 Å². The predicted octanol–water partition coefficient (Wildman–Crippen LogP) is 1.72. The quantitative estimate of drug-likeness (QED) is 0.700. The van der Waals surface area contributed by atoms with Crippen LogP contribution in [0, 0.1) is 5.92 Å². The normalized spacial score (nSPS) is 18.2. The lowest BCUT2D eigenvalue weighted by atomic mass is 9.91.